The fraction of sp³-hybridized carbons (Fsp3) is 0.328. The molecule has 7 amide bonds. The van der Waals surface area contributed by atoms with E-state index in [-0.39, 0.29) is 79.5 Å². The molecule has 96 heavy (non-hydrogen) atoms. The quantitative estimate of drug-likeness (QED) is 0.00455. The molecule has 0 bridgehead atoms. The Morgan fingerprint density at radius 1 is 0.573 bits per heavy atom. The molecule has 0 saturated carbocycles. The number of hydrazine groups is 5. The van der Waals surface area contributed by atoms with Crippen LogP contribution < -0.4 is 62.2 Å². The molecule has 0 saturated heterocycles. The van der Waals surface area contributed by atoms with Gasteiger partial charge in [0.15, 0.2) is 11.9 Å². The van der Waals surface area contributed by atoms with Gasteiger partial charge in [-0.2, -0.15) is 5.01 Å². The van der Waals surface area contributed by atoms with E-state index in [0.29, 0.717) is 63.1 Å². The number of hydrogen-bond acceptors (Lipinski definition) is 19. The van der Waals surface area contributed by atoms with Gasteiger partial charge >= 0.3 is 17.9 Å². The van der Waals surface area contributed by atoms with Gasteiger partial charge in [-0.1, -0.05) is 115 Å². The second kappa shape index (κ2) is 42.9. The number of esters is 1. The number of nitrogens with two attached hydrogens (primary N) is 7. The lowest BCUT2D eigenvalue weighted by atomic mass is 9.98. The van der Waals surface area contributed by atoms with Crippen LogP contribution in [0.5, 0.6) is 0 Å². The summed E-state index contributed by atoms with van der Waals surface area (Å²) in [7, 11) is 2.81. The molecule has 1 heterocycles. The Labute approximate surface area is 554 Å². The first-order chi connectivity index (χ1) is 45.9. The normalized spacial score (nSPS) is 12.3. The first-order valence-electron chi connectivity index (χ1n) is 30.0. The molecule has 5 aromatic carbocycles. The van der Waals surface area contributed by atoms with E-state index in [9.17, 15) is 58.2 Å². The largest absolute Gasteiger partial charge is 0.481 e. The van der Waals surface area contributed by atoms with E-state index >= 15 is 0 Å². The molecular weight excluding hydrogens is 1240 g/mol. The minimum atomic E-state index is -1.12. The Morgan fingerprint density at radius 3 is 1.46 bits per heavy atom. The summed E-state index contributed by atoms with van der Waals surface area (Å²) < 4.78 is 4.90. The average Bonchev–Trinajstić information content (AvgIpc) is 1.62. The van der Waals surface area contributed by atoms with Crippen molar-refractivity contribution in [3.05, 3.63) is 178 Å². The standard InChI is InChI=1S/C25H29N5O5.C24H30N6O5.C15H23N5O3.H4N2O/c1-27-25(26)28-14-8-11-18(24(34)35-2)15-21(31)29(16-17-9-4-3-5-10-17)30-22(32)19-12-6-7-13-20(19)23(30)33;1-16(25)27-13-7-10-18(24(34)35)14-21(31)30(15-17-8-3-2-4-9-17)29-23(33)20-12-6-5-11-19(20)22(32)28-26;16-15(17)19-8-4-7-12(14(22)23)9-13(21)20(18)10-11-5-2-1-3-6-11;1-2-3/h3-7,9-10,12-13,18H,8,11,14-16H2,1-2H3,(H3,26,27,28);2-6,8-9,11-12,18H,7,10,13-15,26H2,1H3,(H2,25,27)(H,28,32)(H,29,33)(H,34,35);1-3,5-6,12H,4,7-10,18H2,(H,22,23)(H4,16,17,19);2-3H,1H2/t2*18-;12-;/m000./s1. The number of carbonyl (C=O) groups excluding carboxylic acids is 8. The number of nitrogens with zero attached hydrogens (tertiary/aromatic N) is 7. The number of amidine groups is 1. The third-order valence-corrected chi connectivity index (χ3v) is 14.1. The topological polar surface area (TPSA) is 521 Å². The number of carboxylic acids is 2. The summed E-state index contributed by atoms with van der Waals surface area (Å²) in [6.45, 7) is 3.00. The molecule has 21 N–H and O–H groups in total. The third kappa shape index (κ3) is 27.6. The van der Waals surface area contributed by atoms with Crippen LogP contribution >= 0.6 is 0 Å². The molecule has 3 atom stereocenters. The number of amides is 7. The molecule has 0 aliphatic carbocycles. The van der Waals surface area contributed by atoms with Crippen LogP contribution in [0.25, 0.3) is 0 Å². The Kier molecular flexibility index (Phi) is 35.3. The van der Waals surface area contributed by atoms with E-state index in [1.807, 2.05) is 47.9 Å². The molecule has 0 radical (unpaired) electrons. The zero-order valence-corrected chi connectivity index (χ0v) is 53.6. The number of guanidine groups is 2. The zero-order valence-electron chi connectivity index (χ0n) is 53.6. The Bertz CT molecular complexity index is 3410. The van der Waals surface area contributed by atoms with Gasteiger partial charge in [-0.15, -0.1) is 5.59 Å². The van der Waals surface area contributed by atoms with Crippen molar-refractivity contribution in [2.45, 2.75) is 84.3 Å². The molecule has 1 aliphatic heterocycles. The maximum atomic E-state index is 13.5. The van der Waals surface area contributed by atoms with Crippen molar-refractivity contribution in [2.24, 2.45) is 73.2 Å². The second-order valence-corrected chi connectivity index (χ2v) is 21.2. The van der Waals surface area contributed by atoms with Crippen molar-refractivity contribution < 1.29 is 68.1 Å². The maximum Gasteiger partial charge on any atom is 0.309 e. The van der Waals surface area contributed by atoms with Crippen molar-refractivity contribution in [2.75, 3.05) is 33.8 Å². The molecule has 0 fully saturated rings. The first-order valence-corrected chi connectivity index (χ1v) is 30.0. The summed E-state index contributed by atoms with van der Waals surface area (Å²) in [5, 5.41) is 32.9. The van der Waals surface area contributed by atoms with Crippen LogP contribution in [-0.2, 0) is 53.1 Å². The minimum Gasteiger partial charge on any atom is -0.481 e. The molecule has 5 aromatic rings. The van der Waals surface area contributed by atoms with Gasteiger partial charge in [0.1, 0.15) is 0 Å². The average molecular weight is 1330 g/mol. The number of nitrogens with one attached hydrogen (secondary N) is 4. The van der Waals surface area contributed by atoms with Gasteiger partial charge in [0, 0.05) is 45.9 Å². The van der Waals surface area contributed by atoms with Crippen LogP contribution in [-0.4, -0.2) is 146 Å². The Hall–Kier alpha value is -11.2. The predicted molar refractivity (Wildman–Crippen MR) is 354 cm³/mol. The van der Waals surface area contributed by atoms with Gasteiger partial charge in [0.2, 0.25) is 17.7 Å². The number of methoxy groups -OCH3 is 1. The van der Waals surface area contributed by atoms with E-state index in [2.05, 4.69) is 31.6 Å². The summed E-state index contributed by atoms with van der Waals surface area (Å²) >= 11 is 0. The van der Waals surface area contributed by atoms with E-state index < -0.39 is 77.0 Å². The van der Waals surface area contributed by atoms with Crippen LogP contribution in [0, 0.1) is 17.8 Å². The van der Waals surface area contributed by atoms with Crippen LogP contribution in [0.15, 0.2) is 155 Å². The number of rotatable bonds is 30. The number of ether oxygens (including phenoxy) is 1. The lowest BCUT2D eigenvalue weighted by Gasteiger charge is -2.31. The number of fused-ring (bicyclic) bond motifs is 1. The van der Waals surface area contributed by atoms with Crippen LogP contribution in [0.2, 0.25) is 0 Å². The molecule has 0 spiro atoms. The molecule has 1 aliphatic rings. The fourth-order valence-electron chi connectivity index (χ4n) is 9.23. The van der Waals surface area contributed by atoms with E-state index in [1.165, 1.54) is 24.8 Å². The summed E-state index contributed by atoms with van der Waals surface area (Å²) in [4.78, 5) is 137. The lowest BCUT2D eigenvalue weighted by Crippen LogP contribution is -2.49. The van der Waals surface area contributed by atoms with Crippen molar-refractivity contribution in [1.82, 2.24) is 41.8 Å². The van der Waals surface area contributed by atoms with Crippen LogP contribution in [0.3, 0.4) is 0 Å². The van der Waals surface area contributed by atoms with Gasteiger partial charge in [-0.25, -0.2) is 27.5 Å². The highest BCUT2D eigenvalue weighted by molar-refractivity contribution is 6.21. The predicted octanol–water partition coefficient (Wildman–Crippen LogP) is 1.80. The number of carboxylic acid groups (broad SMARTS) is 2. The second-order valence-electron chi connectivity index (χ2n) is 21.2. The highest BCUT2D eigenvalue weighted by Gasteiger charge is 2.42. The maximum absolute atomic E-state index is 13.5. The zero-order chi connectivity index (χ0) is 71.1. The third-order valence-electron chi connectivity index (χ3n) is 14.1. The number of carbonyl (C=O) groups is 10. The van der Waals surface area contributed by atoms with Gasteiger partial charge in [-0.3, -0.25) is 78.8 Å². The molecule has 0 aromatic heterocycles. The van der Waals surface area contributed by atoms with Gasteiger partial charge in [0.25, 0.3) is 23.6 Å². The minimum absolute atomic E-state index is 0.000331. The van der Waals surface area contributed by atoms with Crippen molar-refractivity contribution in [3.63, 3.8) is 0 Å². The van der Waals surface area contributed by atoms with Crippen LogP contribution in [0.4, 0.5) is 0 Å². The number of imide groups is 1. The van der Waals surface area contributed by atoms with Gasteiger partial charge < -0.3 is 48.4 Å². The highest BCUT2D eigenvalue weighted by Crippen LogP contribution is 2.28. The first kappa shape index (κ1) is 79.0. The number of aliphatic carboxylic acids is 2. The molecule has 32 heteroatoms. The van der Waals surface area contributed by atoms with Crippen molar-refractivity contribution in [3.8, 4) is 0 Å². The smallest absolute Gasteiger partial charge is 0.309 e. The van der Waals surface area contributed by atoms with Crippen molar-refractivity contribution >= 4 is 77.0 Å². The Balaban J connectivity index is 0.000000376. The van der Waals surface area contributed by atoms with E-state index in [0.717, 1.165) is 31.2 Å². The summed E-state index contributed by atoms with van der Waals surface area (Å²) in [5.74, 6) is 6.40. The van der Waals surface area contributed by atoms with E-state index in [1.54, 1.807) is 98.9 Å². The molecule has 6 rings (SSSR count). The van der Waals surface area contributed by atoms with Gasteiger partial charge in [-0.05, 0) is 86.4 Å². The molecule has 32 nitrogen and oxygen atoms in total. The SMILES string of the molecule is CC(N)=NCCC[C@@H](CC(=O)N(Cc1ccccc1)NC(=O)c1ccccc1C(=O)NN)C(=O)O.CN=C(N)NCCC[C@@H](CC(=O)N(Cc1ccccc1)N1C(=O)c2ccccc2C1=O)C(=O)OC.NC(N)=NCCC[C@@H](CC(=O)N(N)Cc1ccccc1)C(=O)O.NNO. The van der Waals surface area contributed by atoms with E-state index in [4.69, 9.17) is 44.6 Å². The molecule has 0 unspecified atom stereocenters. The van der Waals surface area contributed by atoms with Gasteiger partial charge in [0.05, 0.1) is 72.6 Å². The Morgan fingerprint density at radius 2 is 1.00 bits per heavy atom. The number of nitrogen functional groups attached to an aromatic ring is 1. The summed E-state index contributed by atoms with van der Waals surface area (Å²) in [6, 6.07) is 39.6. The fourth-order valence-corrected chi connectivity index (χ4v) is 9.23. The lowest BCUT2D eigenvalue weighted by molar-refractivity contribution is -0.152. The number of benzene rings is 5. The number of hydrogen-bond donors (Lipinski definition) is 14. The summed E-state index contributed by atoms with van der Waals surface area (Å²) in [6.07, 6.45) is 1.57. The van der Waals surface area contributed by atoms with Crippen LogP contribution in [0.1, 0.15) is 123 Å². The monoisotopic (exact) mass is 1330 g/mol. The summed E-state index contributed by atoms with van der Waals surface area (Å²) in [5.41, 5.74) is 30.1. The number of aliphatic imine (C=N–C) groups is 3. The molecule has 516 valence electrons. The highest BCUT2D eigenvalue weighted by atomic mass is 16.5. The van der Waals surface area contributed by atoms with Crippen molar-refractivity contribution in [1.29, 1.82) is 0 Å². The molecular formula is C64H86N18O14.